The van der Waals surface area contributed by atoms with Gasteiger partial charge < -0.3 is 10.2 Å². The number of thiophene rings is 1. The molecule has 0 saturated carbocycles. The fourth-order valence-corrected chi connectivity index (χ4v) is 3.94. The van der Waals surface area contributed by atoms with Crippen LogP contribution in [0.1, 0.15) is 28.1 Å². The second-order valence-electron chi connectivity index (χ2n) is 5.59. The molecule has 1 saturated heterocycles. The van der Waals surface area contributed by atoms with Gasteiger partial charge in [0.25, 0.3) is 5.91 Å². The van der Waals surface area contributed by atoms with Gasteiger partial charge in [0.1, 0.15) is 6.04 Å². The van der Waals surface area contributed by atoms with Crippen molar-refractivity contribution in [3.8, 4) is 0 Å². The molecular formula is C17H16Cl2N2O2S. The van der Waals surface area contributed by atoms with E-state index in [9.17, 15) is 9.59 Å². The summed E-state index contributed by atoms with van der Waals surface area (Å²) in [4.78, 5) is 27.3. The molecular weight excluding hydrogens is 367 g/mol. The van der Waals surface area contributed by atoms with E-state index >= 15 is 0 Å². The molecule has 7 heteroatoms. The van der Waals surface area contributed by atoms with Crippen molar-refractivity contribution < 1.29 is 9.59 Å². The zero-order valence-electron chi connectivity index (χ0n) is 12.8. The van der Waals surface area contributed by atoms with Crippen LogP contribution in [-0.2, 0) is 11.3 Å². The van der Waals surface area contributed by atoms with E-state index in [1.54, 1.807) is 29.2 Å². The number of hydrogen-bond donors (Lipinski definition) is 1. The van der Waals surface area contributed by atoms with Crippen molar-refractivity contribution in [2.24, 2.45) is 0 Å². The van der Waals surface area contributed by atoms with E-state index in [1.807, 2.05) is 11.4 Å². The SMILES string of the molecule is O=C(NCc1ccc(Cl)cc1Cl)C1CCCN1C(=O)c1cccs1. The molecule has 1 aromatic carbocycles. The Labute approximate surface area is 154 Å². The molecule has 1 aliphatic rings. The van der Waals surface area contributed by atoms with Crippen LogP contribution in [0.25, 0.3) is 0 Å². The lowest BCUT2D eigenvalue weighted by Gasteiger charge is -2.23. The van der Waals surface area contributed by atoms with Crippen LogP contribution in [0, 0.1) is 0 Å². The molecule has 1 N–H and O–H groups in total. The summed E-state index contributed by atoms with van der Waals surface area (Å²) in [6.45, 7) is 0.920. The zero-order valence-corrected chi connectivity index (χ0v) is 15.1. The maximum Gasteiger partial charge on any atom is 0.264 e. The van der Waals surface area contributed by atoms with E-state index in [4.69, 9.17) is 23.2 Å². The van der Waals surface area contributed by atoms with E-state index in [0.29, 0.717) is 34.4 Å². The monoisotopic (exact) mass is 382 g/mol. The van der Waals surface area contributed by atoms with E-state index in [0.717, 1.165) is 12.0 Å². The summed E-state index contributed by atoms with van der Waals surface area (Å²) in [5.74, 6) is -0.226. The molecule has 1 fully saturated rings. The molecule has 0 aliphatic carbocycles. The largest absolute Gasteiger partial charge is 0.350 e. The Morgan fingerprint density at radius 3 is 2.83 bits per heavy atom. The van der Waals surface area contributed by atoms with Crippen molar-refractivity contribution >= 4 is 46.4 Å². The number of halogens is 2. The van der Waals surface area contributed by atoms with Crippen LogP contribution in [0.3, 0.4) is 0 Å². The van der Waals surface area contributed by atoms with Crippen molar-refractivity contribution in [3.63, 3.8) is 0 Å². The first-order valence-electron chi connectivity index (χ1n) is 7.62. The highest BCUT2D eigenvalue weighted by molar-refractivity contribution is 7.12. The molecule has 2 heterocycles. The minimum Gasteiger partial charge on any atom is -0.350 e. The van der Waals surface area contributed by atoms with Crippen LogP contribution in [0.15, 0.2) is 35.7 Å². The predicted octanol–water partition coefficient (Wildman–Crippen LogP) is 3.98. The Morgan fingerprint density at radius 2 is 2.12 bits per heavy atom. The van der Waals surface area contributed by atoms with Gasteiger partial charge in [-0.1, -0.05) is 35.3 Å². The summed E-state index contributed by atoms with van der Waals surface area (Å²) in [6, 6.07) is 8.36. The standard InChI is InChI=1S/C17H16Cl2N2O2S/c18-12-6-5-11(13(19)9-12)10-20-16(22)14-3-1-7-21(14)17(23)15-4-2-8-24-15/h2,4-6,8-9,14H,1,3,7,10H2,(H,20,22). The van der Waals surface area contributed by atoms with Crippen molar-refractivity contribution in [2.75, 3.05) is 6.54 Å². The fourth-order valence-electron chi connectivity index (χ4n) is 2.79. The number of nitrogens with zero attached hydrogens (tertiary/aromatic N) is 1. The van der Waals surface area contributed by atoms with E-state index in [-0.39, 0.29) is 11.8 Å². The number of hydrogen-bond acceptors (Lipinski definition) is 3. The number of likely N-dealkylation sites (tertiary alicyclic amines) is 1. The Bertz CT molecular complexity index is 749. The smallest absolute Gasteiger partial charge is 0.264 e. The van der Waals surface area contributed by atoms with Gasteiger partial charge in [-0.2, -0.15) is 0 Å². The molecule has 0 bridgehead atoms. The van der Waals surface area contributed by atoms with Crippen molar-refractivity contribution in [1.29, 1.82) is 0 Å². The summed E-state index contributed by atoms with van der Waals surface area (Å²) >= 11 is 13.4. The molecule has 2 amide bonds. The van der Waals surface area contributed by atoms with E-state index < -0.39 is 6.04 Å². The molecule has 3 rings (SSSR count). The molecule has 1 aromatic heterocycles. The number of carbonyl (C=O) groups excluding carboxylic acids is 2. The first-order valence-corrected chi connectivity index (χ1v) is 9.26. The Balaban J connectivity index is 1.64. The lowest BCUT2D eigenvalue weighted by Crippen LogP contribution is -2.45. The molecule has 2 aromatic rings. The normalized spacial score (nSPS) is 17.1. The minimum atomic E-state index is -0.425. The van der Waals surface area contributed by atoms with Crippen molar-refractivity contribution in [1.82, 2.24) is 10.2 Å². The number of rotatable bonds is 4. The highest BCUT2D eigenvalue weighted by atomic mass is 35.5. The third-order valence-electron chi connectivity index (χ3n) is 4.02. The highest BCUT2D eigenvalue weighted by Gasteiger charge is 2.34. The third kappa shape index (κ3) is 3.74. The average molecular weight is 383 g/mol. The summed E-state index contributed by atoms with van der Waals surface area (Å²) in [7, 11) is 0. The third-order valence-corrected chi connectivity index (χ3v) is 5.46. The summed E-state index contributed by atoms with van der Waals surface area (Å²) in [5.41, 5.74) is 0.795. The molecule has 1 atom stereocenters. The van der Waals surface area contributed by atoms with Gasteiger partial charge in [-0.15, -0.1) is 11.3 Å². The van der Waals surface area contributed by atoms with Gasteiger partial charge in [-0.25, -0.2) is 0 Å². The number of benzene rings is 1. The van der Waals surface area contributed by atoms with E-state index in [1.165, 1.54) is 11.3 Å². The summed E-state index contributed by atoms with van der Waals surface area (Å²) < 4.78 is 0. The van der Waals surface area contributed by atoms with Crippen molar-refractivity contribution in [2.45, 2.75) is 25.4 Å². The molecule has 4 nitrogen and oxygen atoms in total. The Hall–Kier alpha value is -1.56. The Morgan fingerprint density at radius 1 is 1.29 bits per heavy atom. The first-order chi connectivity index (χ1) is 11.6. The number of amides is 2. The topological polar surface area (TPSA) is 49.4 Å². The minimum absolute atomic E-state index is 0.0767. The second-order valence-corrected chi connectivity index (χ2v) is 7.38. The Kier molecular flexibility index (Phi) is 5.43. The van der Waals surface area contributed by atoms with Gasteiger partial charge in [0, 0.05) is 23.1 Å². The molecule has 1 aliphatic heterocycles. The van der Waals surface area contributed by atoms with Gasteiger partial charge >= 0.3 is 0 Å². The predicted molar refractivity (Wildman–Crippen MR) is 96.7 cm³/mol. The van der Waals surface area contributed by atoms with Crippen LogP contribution < -0.4 is 5.32 Å². The average Bonchev–Trinajstić information content (AvgIpc) is 3.24. The van der Waals surface area contributed by atoms with Crippen LogP contribution in [0.4, 0.5) is 0 Å². The van der Waals surface area contributed by atoms with Gasteiger partial charge in [-0.3, -0.25) is 9.59 Å². The summed E-state index contributed by atoms with van der Waals surface area (Å²) in [5, 5.41) is 5.81. The lowest BCUT2D eigenvalue weighted by molar-refractivity contribution is -0.125. The molecule has 0 radical (unpaired) electrons. The van der Waals surface area contributed by atoms with Crippen LogP contribution in [0.2, 0.25) is 10.0 Å². The van der Waals surface area contributed by atoms with Gasteiger partial charge in [0.15, 0.2) is 0 Å². The first kappa shape index (κ1) is 17.3. The number of nitrogens with one attached hydrogen (secondary N) is 1. The highest BCUT2D eigenvalue weighted by Crippen LogP contribution is 2.23. The zero-order chi connectivity index (χ0) is 17.1. The molecule has 24 heavy (non-hydrogen) atoms. The quantitative estimate of drug-likeness (QED) is 0.869. The molecule has 1 unspecified atom stereocenters. The van der Waals surface area contributed by atoms with Crippen LogP contribution in [0.5, 0.6) is 0 Å². The lowest BCUT2D eigenvalue weighted by atomic mass is 10.2. The van der Waals surface area contributed by atoms with Crippen LogP contribution in [-0.4, -0.2) is 29.3 Å². The fraction of sp³-hybridized carbons (Fsp3) is 0.294. The van der Waals surface area contributed by atoms with Crippen LogP contribution >= 0.6 is 34.5 Å². The maximum atomic E-state index is 12.5. The maximum absolute atomic E-state index is 12.5. The summed E-state index contributed by atoms with van der Waals surface area (Å²) in [6.07, 6.45) is 1.51. The second kappa shape index (κ2) is 7.55. The molecule has 0 spiro atoms. The molecule has 126 valence electrons. The van der Waals surface area contributed by atoms with E-state index in [2.05, 4.69) is 5.32 Å². The number of carbonyl (C=O) groups is 2. The van der Waals surface area contributed by atoms with Crippen molar-refractivity contribution in [3.05, 3.63) is 56.2 Å². The van der Waals surface area contributed by atoms with Gasteiger partial charge in [-0.05, 0) is 42.0 Å². The van der Waals surface area contributed by atoms with Gasteiger partial charge in [0.05, 0.1) is 4.88 Å². The van der Waals surface area contributed by atoms with Gasteiger partial charge in [0.2, 0.25) is 5.91 Å².